The van der Waals surface area contributed by atoms with Crippen LogP contribution >= 0.6 is 15.9 Å². The van der Waals surface area contributed by atoms with Gasteiger partial charge in [-0.3, -0.25) is 0 Å². The summed E-state index contributed by atoms with van der Waals surface area (Å²) < 4.78 is 6.20. The maximum atomic E-state index is 12.2. The lowest BCUT2D eigenvalue weighted by molar-refractivity contribution is 0.0218. The van der Waals surface area contributed by atoms with Gasteiger partial charge in [-0.2, -0.15) is 5.26 Å². The van der Waals surface area contributed by atoms with Gasteiger partial charge in [0.1, 0.15) is 17.5 Å². The Labute approximate surface area is 145 Å². The molecular formula is C16H21BrN4O2. The SMILES string of the molecule is CC1CN(C(=O)OC(C)(C)C)CCN1c1ncc(Br)cc1C#N. The molecule has 0 N–H and O–H groups in total. The van der Waals surface area contributed by atoms with Crippen LogP contribution in [0.3, 0.4) is 0 Å². The third-order valence-corrected chi connectivity index (χ3v) is 3.94. The van der Waals surface area contributed by atoms with Crippen molar-refractivity contribution in [1.29, 1.82) is 5.26 Å². The molecule has 7 heteroatoms. The smallest absolute Gasteiger partial charge is 0.410 e. The van der Waals surface area contributed by atoms with Crippen molar-refractivity contribution in [1.82, 2.24) is 9.88 Å². The number of amides is 1. The summed E-state index contributed by atoms with van der Waals surface area (Å²) >= 11 is 3.33. The Morgan fingerprint density at radius 3 is 2.74 bits per heavy atom. The Kier molecular flexibility index (Phi) is 5.15. The maximum absolute atomic E-state index is 12.2. The second kappa shape index (κ2) is 6.75. The Morgan fingerprint density at radius 1 is 1.48 bits per heavy atom. The van der Waals surface area contributed by atoms with Crippen molar-refractivity contribution in [2.45, 2.75) is 39.3 Å². The van der Waals surface area contributed by atoms with Gasteiger partial charge in [-0.15, -0.1) is 0 Å². The van der Waals surface area contributed by atoms with Gasteiger partial charge in [-0.25, -0.2) is 9.78 Å². The minimum Gasteiger partial charge on any atom is -0.444 e. The predicted octanol–water partition coefficient (Wildman–Crippen LogP) is 3.16. The number of nitriles is 1. The second-order valence-corrected chi connectivity index (χ2v) is 7.52. The first-order valence-corrected chi connectivity index (χ1v) is 8.31. The van der Waals surface area contributed by atoms with Gasteiger partial charge in [-0.05, 0) is 49.7 Å². The molecule has 0 aliphatic carbocycles. The van der Waals surface area contributed by atoms with Crippen LogP contribution in [0.2, 0.25) is 0 Å². The fourth-order valence-corrected chi connectivity index (χ4v) is 2.84. The van der Waals surface area contributed by atoms with E-state index in [1.807, 2.05) is 27.7 Å². The van der Waals surface area contributed by atoms with Gasteiger partial charge in [0.2, 0.25) is 0 Å². The zero-order valence-electron chi connectivity index (χ0n) is 13.8. The van der Waals surface area contributed by atoms with E-state index in [0.717, 1.165) is 4.47 Å². The first-order valence-electron chi connectivity index (χ1n) is 7.51. The molecule has 124 valence electrons. The molecule has 1 fully saturated rings. The molecule has 23 heavy (non-hydrogen) atoms. The minimum atomic E-state index is -0.501. The van der Waals surface area contributed by atoms with Gasteiger partial charge in [0, 0.05) is 36.3 Å². The Hall–Kier alpha value is -1.81. The van der Waals surface area contributed by atoms with Crippen molar-refractivity contribution in [3.8, 4) is 6.07 Å². The lowest BCUT2D eigenvalue weighted by Crippen LogP contribution is -2.55. The number of anilines is 1. The molecule has 2 rings (SSSR count). The van der Waals surface area contributed by atoms with E-state index in [4.69, 9.17) is 4.74 Å². The number of halogens is 1. The van der Waals surface area contributed by atoms with Crippen LogP contribution in [0.4, 0.5) is 10.6 Å². The number of carbonyl (C=O) groups is 1. The zero-order chi connectivity index (χ0) is 17.2. The summed E-state index contributed by atoms with van der Waals surface area (Å²) in [7, 11) is 0. The number of pyridine rings is 1. The molecule has 1 aliphatic rings. The van der Waals surface area contributed by atoms with Crippen molar-refractivity contribution >= 4 is 27.8 Å². The van der Waals surface area contributed by atoms with Crippen LogP contribution in [0, 0.1) is 11.3 Å². The van der Waals surface area contributed by atoms with E-state index in [0.29, 0.717) is 31.0 Å². The third kappa shape index (κ3) is 4.35. The highest BCUT2D eigenvalue weighted by Crippen LogP contribution is 2.25. The van der Waals surface area contributed by atoms with E-state index >= 15 is 0 Å². The normalized spacial score (nSPS) is 18.5. The fourth-order valence-electron chi connectivity index (χ4n) is 2.51. The standard InChI is InChI=1S/C16H21BrN4O2/c1-11-10-20(15(22)23-16(2,3)4)5-6-21(11)14-12(8-18)7-13(17)9-19-14/h7,9,11H,5-6,10H2,1-4H3. The summed E-state index contributed by atoms with van der Waals surface area (Å²) in [6.45, 7) is 9.28. The summed E-state index contributed by atoms with van der Waals surface area (Å²) in [5.74, 6) is 0.659. The molecule has 0 aromatic carbocycles. The van der Waals surface area contributed by atoms with Crippen LogP contribution in [0.15, 0.2) is 16.7 Å². The minimum absolute atomic E-state index is 0.0528. The zero-order valence-corrected chi connectivity index (χ0v) is 15.4. The van der Waals surface area contributed by atoms with E-state index in [1.165, 1.54) is 0 Å². The topological polar surface area (TPSA) is 69.5 Å². The van der Waals surface area contributed by atoms with E-state index in [9.17, 15) is 10.1 Å². The molecule has 2 heterocycles. The van der Waals surface area contributed by atoms with Crippen LogP contribution in [-0.2, 0) is 4.74 Å². The Bertz CT molecular complexity index is 636. The van der Waals surface area contributed by atoms with Gasteiger partial charge in [-0.1, -0.05) is 0 Å². The van der Waals surface area contributed by atoms with Crippen LogP contribution in [-0.4, -0.2) is 47.3 Å². The highest BCUT2D eigenvalue weighted by molar-refractivity contribution is 9.10. The van der Waals surface area contributed by atoms with Crippen LogP contribution in [0.1, 0.15) is 33.3 Å². The van der Waals surface area contributed by atoms with Gasteiger partial charge >= 0.3 is 6.09 Å². The molecule has 0 saturated carbocycles. The van der Waals surface area contributed by atoms with Crippen molar-refractivity contribution < 1.29 is 9.53 Å². The molecule has 1 aromatic rings. The number of aromatic nitrogens is 1. The van der Waals surface area contributed by atoms with E-state index in [2.05, 4.69) is 31.9 Å². The number of rotatable bonds is 1. The number of hydrogen-bond donors (Lipinski definition) is 0. The molecule has 6 nitrogen and oxygen atoms in total. The first kappa shape index (κ1) is 17.5. The summed E-state index contributed by atoms with van der Waals surface area (Å²) in [5, 5.41) is 9.31. The summed E-state index contributed by atoms with van der Waals surface area (Å²) in [6, 6.07) is 3.99. The monoisotopic (exact) mass is 380 g/mol. The average molecular weight is 381 g/mol. The van der Waals surface area contributed by atoms with Crippen LogP contribution < -0.4 is 4.90 Å². The van der Waals surface area contributed by atoms with Gasteiger partial charge < -0.3 is 14.5 Å². The Balaban J connectivity index is 2.11. The molecule has 1 unspecified atom stereocenters. The van der Waals surface area contributed by atoms with Gasteiger partial charge in [0.15, 0.2) is 0 Å². The molecule has 0 bridgehead atoms. The average Bonchev–Trinajstić information content (AvgIpc) is 2.45. The first-order chi connectivity index (χ1) is 10.7. The molecule has 1 aromatic heterocycles. The number of ether oxygens (including phenoxy) is 1. The molecule has 0 spiro atoms. The van der Waals surface area contributed by atoms with E-state index in [1.54, 1.807) is 17.2 Å². The molecule has 1 saturated heterocycles. The van der Waals surface area contributed by atoms with Crippen molar-refractivity contribution in [3.63, 3.8) is 0 Å². The van der Waals surface area contributed by atoms with E-state index < -0.39 is 5.60 Å². The second-order valence-electron chi connectivity index (χ2n) is 6.61. The van der Waals surface area contributed by atoms with Gasteiger partial charge in [0.05, 0.1) is 5.56 Å². The van der Waals surface area contributed by atoms with Crippen LogP contribution in [0.5, 0.6) is 0 Å². The third-order valence-electron chi connectivity index (χ3n) is 3.50. The largest absolute Gasteiger partial charge is 0.444 e. The lowest BCUT2D eigenvalue weighted by atomic mass is 10.1. The van der Waals surface area contributed by atoms with Gasteiger partial charge in [0.25, 0.3) is 0 Å². The summed E-state index contributed by atoms with van der Waals surface area (Å²) in [4.78, 5) is 20.3. The quantitative estimate of drug-likeness (QED) is 0.748. The van der Waals surface area contributed by atoms with Crippen LogP contribution in [0.25, 0.3) is 0 Å². The number of nitrogens with zero attached hydrogens (tertiary/aromatic N) is 4. The summed E-state index contributed by atoms with van der Waals surface area (Å²) in [6.07, 6.45) is 1.39. The molecule has 1 amide bonds. The number of piperazine rings is 1. The van der Waals surface area contributed by atoms with Crippen molar-refractivity contribution in [3.05, 3.63) is 22.3 Å². The number of carbonyl (C=O) groups excluding carboxylic acids is 1. The summed E-state index contributed by atoms with van der Waals surface area (Å²) in [5.41, 5.74) is 0.0237. The molecule has 1 atom stereocenters. The highest BCUT2D eigenvalue weighted by Gasteiger charge is 2.31. The van der Waals surface area contributed by atoms with E-state index in [-0.39, 0.29) is 12.1 Å². The van der Waals surface area contributed by atoms with Crippen molar-refractivity contribution in [2.24, 2.45) is 0 Å². The molecule has 1 aliphatic heterocycles. The lowest BCUT2D eigenvalue weighted by Gasteiger charge is -2.41. The maximum Gasteiger partial charge on any atom is 0.410 e. The van der Waals surface area contributed by atoms with Crippen molar-refractivity contribution in [2.75, 3.05) is 24.5 Å². The highest BCUT2D eigenvalue weighted by atomic mass is 79.9. The number of hydrogen-bond acceptors (Lipinski definition) is 5. The molecule has 0 radical (unpaired) electrons. The Morgan fingerprint density at radius 2 is 2.17 bits per heavy atom. The molecular weight excluding hydrogens is 360 g/mol. The predicted molar refractivity (Wildman–Crippen MR) is 91.3 cm³/mol. The fraction of sp³-hybridized carbons (Fsp3) is 0.562.